The molecule has 0 amide bonds. The number of hydrogen-bond donors (Lipinski definition) is 0. The van der Waals surface area contributed by atoms with Gasteiger partial charge in [0.1, 0.15) is 5.82 Å². The minimum absolute atomic E-state index is 0.103. The summed E-state index contributed by atoms with van der Waals surface area (Å²) in [6, 6.07) is 3.62. The first-order valence-electron chi connectivity index (χ1n) is 5.21. The maximum Gasteiger partial charge on any atom is 0.126 e. The highest BCUT2D eigenvalue weighted by atomic mass is 79.9. The molecule has 0 aliphatic carbocycles. The van der Waals surface area contributed by atoms with E-state index in [-0.39, 0.29) is 11.2 Å². The topological polar surface area (TPSA) is 0 Å². The Morgan fingerprint density at radius 1 is 1.20 bits per heavy atom. The lowest BCUT2D eigenvalue weighted by molar-refractivity contribution is 0.506. The third-order valence-corrected chi connectivity index (χ3v) is 3.35. The van der Waals surface area contributed by atoms with Crippen molar-refractivity contribution in [1.82, 2.24) is 0 Å². The van der Waals surface area contributed by atoms with Crippen LogP contribution in [0, 0.1) is 19.7 Å². The van der Waals surface area contributed by atoms with Crippen LogP contribution in [0.2, 0.25) is 0 Å². The Morgan fingerprint density at radius 2 is 1.80 bits per heavy atom. The molecule has 0 atom stereocenters. The van der Waals surface area contributed by atoms with Crippen LogP contribution in [-0.2, 0) is 5.41 Å². The van der Waals surface area contributed by atoms with Crippen LogP contribution in [0.3, 0.4) is 0 Å². The number of aryl methyl sites for hydroxylation is 2. The van der Waals surface area contributed by atoms with Gasteiger partial charge in [0.2, 0.25) is 0 Å². The molecule has 0 aromatic heterocycles. The molecule has 84 valence electrons. The highest BCUT2D eigenvalue weighted by Crippen LogP contribution is 2.31. The molecule has 1 rings (SSSR count). The number of alkyl halides is 1. The maximum atomic E-state index is 13.3. The van der Waals surface area contributed by atoms with Gasteiger partial charge in [0, 0.05) is 5.33 Å². The molecule has 0 saturated carbocycles. The first kappa shape index (κ1) is 12.7. The van der Waals surface area contributed by atoms with E-state index in [0.29, 0.717) is 0 Å². The van der Waals surface area contributed by atoms with E-state index in [1.807, 2.05) is 19.9 Å². The van der Waals surface area contributed by atoms with E-state index in [1.54, 1.807) is 6.07 Å². The van der Waals surface area contributed by atoms with Crippen LogP contribution in [0.4, 0.5) is 4.39 Å². The Morgan fingerprint density at radius 3 is 2.33 bits per heavy atom. The van der Waals surface area contributed by atoms with Gasteiger partial charge >= 0.3 is 0 Å². The molecule has 0 radical (unpaired) electrons. The SMILES string of the molecule is Cc1cc(C(C)(C)CCBr)c(C)cc1F. The minimum Gasteiger partial charge on any atom is -0.207 e. The standard InChI is InChI=1S/C13H18BrF/c1-9-8-12(15)10(2)7-11(9)13(3,4)5-6-14/h7-8H,5-6H2,1-4H3. The third kappa shape index (κ3) is 2.81. The van der Waals surface area contributed by atoms with Crippen molar-refractivity contribution in [3.8, 4) is 0 Å². The van der Waals surface area contributed by atoms with Gasteiger partial charge in [-0.05, 0) is 48.4 Å². The molecule has 0 aliphatic rings. The number of benzene rings is 1. The van der Waals surface area contributed by atoms with Gasteiger partial charge in [-0.3, -0.25) is 0 Å². The fourth-order valence-electron chi connectivity index (χ4n) is 1.88. The van der Waals surface area contributed by atoms with E-state index >= 15 is 0 Å². The lowest BCUT2D eigenvalue weighted by atomic mass is 9.79. The molecule has 0 heterocycles. The van der Waals surface area contributed by atoms with E-state index in [9.17, 15) is 4.39 Å². The Labute approximate surface area is 100 Å². The largest absolute Gasteiger partial charge is 0.207 e. The van der Waals surface area contributed by atoms with Crippen molar-refractivity contribution in [1.29, 1.82) is 0 Å². The average Bonchev–Trinajstić information content (AvgIpc) is 2.11. The van der Waals surface area contributed by atoms with Crippen molar-refractivity contribution in [3.05, 3.63) is 34.6 Å². The highest BCUT2D eigenvalue weighted by Gasteiger charge is 2.22. The molecule has 0 unspecified atom stereocenters. The fraction of sp³-hybridized carbons (Fsp3) is 0.538. The smallest absolute Gasteiger partial charge is 0.126 e. The lowest BCUT2D eigenvalue weighted by Crippen LogP contribution is -2.19. The zero-order valence-electron chi connectivity index (χ0n) is 9.82. The van der Waals surface area contributed by atoms with Crippen molar-refractivity contribution in [2.75, 3.05) is 5.33 Å². The van der Waals surface area contributed by atoms with E-state index in [1.165, 1.54) is 5.56 Å². The van der Waals surface area contributed by atoms with Gasteiger partial charge < -0.3 is 0 Å². The van der Waals surface area contributed by atoms with Crippen LogP contribution in [0.15, 0.2) is 12.1 Å². The molecule has 2 heteroatoms. The summed E-state index contributed by atoms with van der Waals surface area (Å²) in [5, 5.41) is 0.968. The second-order valence-electron chi connectivity index (χ2n) is 4.74. The molecule has 0 bridgehead atoms. The molecule has 0 aliphatic heterocycles. The summed E-state index contributed by atoms with van der Waals surface area (Å²) >= 11 is 3.47. The molecule has 0 N–H and O–H groups in total. The lowest BCUT2D eigenvalue weighted by Gasteiger charge is -2.27. The number of rotatable bonds is 3. The summed E-state index contributed by atoms with van der Waals surface area (Å²) in [6.07, 6.45) is 1.05. The van der Waals surface area contributed by atoms with Gasteiger partial charge in [-0.15, -0.1) is 0 Å². The van der Waals surface area contributed by atoms with Crippen LogP contribution in [-0.4, -0.2) is 5.33 Å². The molecule has 15 heavy (non-hydrogen) atoms. The fourth-order valence-corrected chi connectivity index (χ4v) is 2.87. The van der Waals surface area contributed by atoms with E-state index in [2.05, 4.69) is 29.8 Å². The van der Waals surface area contributed by atoms with Crippen LogP contribution in [0.25, 0.3) is 0 Å². The Balaban J connectivity index is 3.19. The van der Waals surface area contributed by atoms with Crippen molar-refractivity contribution in [2.24, 2.45) is 0 Å². The van der Waals surface area contributed by atoms with Crippen LogP contribution in [0.5, 0.6) is 0 Å². The number of hydrogen-bond acceptors (Lipinski definition) is 0. The predicted octanol–water partition coefficient (Wildman–Crippen LogP) is 4.51. The van der Waals surface area contributed by atoms with Crippen LogP contribution in [0.1, 0.15) is 37.0 Å². The van der Waals surface area contributed by atoms with E-state index < -0.39 is 0 Å². The molecule has 0 nitrogen and oxygen atoms in total. The molecule has 0 spiro atoms. The normalized spacial score (nSPS) is 11.9. The molecule has 0 fully saturated rings. The van der Waals surface area contributed by atoms with E-state index in [4.69, 9.17) is 0 Å². The summed E-state index contributed by atoms with van der Waals surface area (Å²) in [5.41, 5.74) is 3.13. The van der Waals surface area contributed by atoms with E-state index in [0.717, 1.165) is 22.9 Å². The third-order valence-electron chi connectivity index (χ3n) is 2.95. The van der Waals surface area contributed by atoms with Crippen LogP contribution < -0.4 is 0 Å². The average molecular weight is 273 g/mol. The first-order valence-corrected chi connectivity index (χ1v) is 6.34. The zero-order chi connectivity index (χ0) is 11.6. The molecule has 0 saturated heterocycles. The monoisotopic (exact) mass is 272 g/mol. The summed E-state index contributed by atoms with van der Waals surface area (Å²) in [7, 11) is 0. The summed E-state index contributed by atoms with van der Waals surface area (Å²) < 4.78 is 13.3. The molecule has 1 aromatic rings. The Hall–Kier alpha value is -0.370. The maximum absolute atomic E-state index is 13.3. The van der Waals surface area contributed by atoms with Gasteiger partial charge in [0.15, 0.2) is 0 Å². The van der Waals surface area contributed by atoms with Crippen molar-refractivity contribution >= 4 is 15.9 Å². The van der Waals surface area contributed by atoms with Gasteiger partial charge in [0.05, 0.1) is 0 Å². The van der Waals surface area contributed by atoms with Crippen LogP contribution >= 0.6 is 15.9 Å². The molecule has 1 aromatic carbocycles. The van der Waals surface area contributed by atoms with Crippen molar-refractivity contribution < 1.29 is 4.39 Å². The number of halogens is 2. The summed E-state index contributed by atoms with van der Waals surface area (Å²) in [5.74, 6) is -0.106. The Bertz CT molecular complexity index is 356. The first-order chi connectivity index (χ1) is 6.88. The minimum atomic E-state index is -0.106. The summed E-state index contributed by atoms with van der Waals surface area (Å²) in [4.78, 5) is 0. The van der Waals surface area contributed by atoms with Gasteiger partial charge in [-0.2, -0.15) is 0 Å². The zero-order valence-corrected chi connectivity index (χ0v) is 11.4. The van der Waals surface area contributed by atoms with Gasteiger partial charge in [-0.25, -0.2) is 4.39 Å². The molecular weight excluding hydrogens is 255 g/mol. The summed E-state index contributed by atoms with van der Waals surface area (Å²) in [6.45, 7) is 8.21. The predicted molar refractivity (Wildman–Crippen MR) is 67.3 cm³/mol. The van der Waals surface area contributed by atoms with Gasteiger partial charge in [0.25, 0.3) is 0 Å². The second-order valence-corrected chi connectivity index (χ2v) is 5.53. The quantitative estimate of drug-likeness (QED) is 0.711. The Kier molecular flexibility index (Phi) is 3.93. The van der Waals surface area contributed by atoms with Gasteiger partial charge in [-0.1, -0.05) is 35.8 Å². The molecular formula is C13H18BrF. The second kappa shape index (κ2) is 4.65. The van der Waals surface area contributed by atoms with Crippen molar-refractivity contribution in [3.63, 3.8) is 0 Å². The van der Waals surface area contributed by atoms with Crippen molar-refractivity contribution in [2.45, 2.75) is 39.5 Å². The highest BCUT2D eigenvalue weighted by molar-refractivity contribution is 9.09.